The number of pyridine rings is 1. The van der Waals surface area contributed by atoms with Crippen molar-refractivity contribution in [3.05, 3.63) is 116 Å². The van der Waals surface area contributed by atoms with Gasteiger partial charge in [-0.1, -0.05) is 19.1 Å². The lowest BCUT2D eigenvalue weighted by atomic mass is 9.92. The number of aliphatic carboxylic acids is 1. The molecule has 0 spiro atoms. The van der Waals surface area contributed by atoms with Crippen LogP contribution in [0.4, 0.5) is 13.2 Å². The molecule has 48 heavy (non-hydrogen) atoms. The average Bonchev–Trinajstić information content (AvgIpc) is 3.02. The Labute approximate surface area is 275 Å². The zero-order chi connectivity index (χ0) is 34.3. The maximum atomic E-state index is 15.9. The van der Waals surface area contributed by atoms with Gasteiger partial charge in [-0.3, -0.25) is 23.9 Å². The third-order valence-corrected chi connectivity index (χ3v) is 9.08. The first-order valence-electron chi connectivity index (χ1n) is 15.9. The zero-order valence-electron chi connectivity index (χ0n) is 26.9. The van der Waals surface area contributed by atoms with E-state index in [0.29, 0.717) is 60.5 Å². The Balaban J connectivity index is 1.57. The molecule has 8 nitrogen and oxygen atoms in total. The molecule has 2 aliphatic rings. The first-order chi connectivity index (χ1) is 22.9. The number of likely N-dealkylation sites (tertiary alicyclic amines) is 1. The number of halogens is 3. The van der Waals surface area contributed by atoms with Crippen LogP contribution in [0.15, 0.2) is 65.6 Å². The summed E-state index contributed by atoms with van der Waals surface area (Å²) in [6, 6.07) is 11.1. The molecule has 4 bridgehead atoms. The monoisotopic (exact) mass is 659 g/mol. The van der Waals surface area contributed by atoms with Crippen LogP contribution >= 0.6 is 0 Å². The number of nitrogens with one attached hydrogen (secondary N) is 1. The number of aryl methyl sites for hydroxylation is 3. The number of carboxylic acids is 1. The van der Waals surface area contributed by atoms with E-state index >= 15 is 8.78 Å². The Bertz CT molecular complexity index is 1970. The number of ether oxygens (including phenoxy) is 1. The van der Waals surface area contributed by atoms with E-state index in [0.717, 1.165) is 16.2 Å². The largest absolute Gasteiger partial charge is 0.481 e. The number of carbonyl (C=O) groups excluding carboxylic acids is 1. The number of carboxylic acid groups (broad SMARTS) is 1. The van der Waals surface area contributed by atoms with E-state index in [9.17, 15) is 23.9 Å². The summed E-state index contributed by atoms with van der Waals surface area (Å²) in [6.07, 6.45) is 0.682. The first-order valence-corrected chi connectivity index (χ1v) is 15.9. The molecule has 0 unspecified atom stereocenters. The topological polar surface area (TPSA) is 101 Å². The normalized spacial score (nSPS) is 18.0. The molecule has 4 aromatic rings. The number of hydrogen-bond acceptors (Lipinski definition) is 5. The van der Waals surface area contributed by atoms with Crippen LogP contribution in [0.1, 0.15) is 58.8 Å². The lowest BCUT2D eigenvalue weighted by molar-refractivity contribution is -0.137. The molecule has 1 fully saturated rings. The van der Waals surface area contributed by atoms with Crippen molar-refractivity contribution in [1.29, 1.82) is 0 Å². The second kappa shape index (κ2) is 13.3. The summed E-state index contributed by atoms with van der Waals surface area (Å²) in [4.78, 5) is 42.4. The summed E-state index contributed by atoms with van der Waals surface area (Å²) in [6.45, 7) is 6.33. The summed E-state index contributed by atoms with van der Waals surface area (Å²) in [5.41, 5.74) is 2.41. The number of fused-ring (bicyclic) bond motifs is 6. The van der Waals surface area contributed by atoms with Gasteiger partial charge < -0.3 is 15.2 Å². The van der Waals surface area contributed by atoms with Gasteiger partial charge >= 0.3 is 5.97 Å². The number of nitrogens with zero attached hydrogens (tertiary/aromatic N) is 2. The van der Waals surface area contributed by atoms with Crippen LogP contribution in [-0.2, 0) is 22.4 Å². The minimum absolute atomic E-state index is 0.0730. The van der Waals surface area contributed by atoms with E-state index in [2.05, 4.69) is 5.32 Å². The van der Waals surface area contributed by atoms with Crippen molar-refractivity contribution in [2.24, 2.45) is 0 Å². The third kappa shape index (κ3) is 6.47. The van der Waals surface area contributed by atoms with Crippen LogP contribution < -0.4 is 15.6 Å². The number of hydrogen-bond donors (Lipinski definition) is 2. The van der Waals surface area contributed by atoms with Crippen LogP contribution in [-0.4, -0.2) is 52.3 Å². The number of alkyl halides is 1. The molecular formula is C37H36F3N3O5. The minimum Gasteiger partial charge on any atom is -0.481 e. The fourth-order valence-corrected chi connectivity index (χ4v) is 6.58. The summed E-state index contributed by atoms with van der Waals surface area (Å²) >= 11 is 0. The molecule has 1 amide bonds. The molecular weight excluding hydrogens is 623 g/mol. The van der Waals surface area contributed by atoms with Gasteiger partial charge in [0, 0.05) is 48.1 Å². The van der Waals surface area contributed by atoms with Crippen molar-refractivity contribution >= 4 is 11.9 Å². The van der Waals surface area contributed by atoms with Gasteiger partial charge in [-0.25, -0.2) is 13.2 Å². The SMILES string of the molecule is CCc1cc(CCN2CC(F)C2)cn([C@@H]2C(=O)N[C@H](CC(=O)O)c3cc(cc(C)c3F)-c3c(C)cccc3Oc3ccc(F)c2c3)c1=O. The molecule has 0 saturated carbocycles. The highest BCUT2D eigenvalue weighted by molar-refractivity contribution is 5.85. The standard InChI is InChI=1S/C37H36F3N3O5/c1-4-23-13-22(10-11-42-18-25(38)19-42)17-43(37(23)47)35-27-15-26(8-9-29(27)39)48-31-7-5-6-20(2)33(31)24-12-21(3)34(40)28(14-24)30(16-32(44)45)41-36(35)46/h5-9,12-15,17,25,30,35H,4,10-11,16,18-19H2,1-3H3,(H,41,46)(H,44,45)/t30-,35+/m1/s1. The van der Waals surface area contributed by atoms with E-state index in [1.54, 1.807) is 38.1 Å². The highest BCUT2D eigenvalue weighted by atomic mass is 19.1. The van der Waals surface area contributed by atoms with Gasteiger partial charge in [0.15, 0.2) is 0 Å². The number of amides is 1. The van der Waals surface area contributed by atoms with Gasteiger partial charge in [-0.2, -0.15) is 0 Å². The number of aromatic nitrogens is 1. The Morgan fingerprint density at radius 2 is 1.79 bits per heavy atom. The van der Waals surface area contributed by atoms with Crippen molar-refractivity contribution in [1.82, 2.24) is 14.8 Å². The van der Waals surface area contributed by atoms with E-state index in [1.165, 1.54) is 24.4 Å². The lowest BCUT2D eigenvalue weighted by Crippen LogP contribution is -2.49. The average molecular weight is 660 g/mol. The van der Waals surface area contributed by atoms with Crippen LogP contribution in [0, 0.1) is 25.5 Å². The van der Waals surface area contributed by atoms with Gasteiger partial charge in [0.05, 0.1) is 12.5 Å². The Hall–Kier alpha value is -4.90. The second-order valence-electron chi connectivity index (χ2n) is 12.5. The highest BCUT2D eigenvalue weighted by Gasteiger charge is 2.33. The van der Waals surface area contributed by atoms with Crippen molar-refractivity contribution in [2.45, 2.75) is 58.3 Å². The molecule has 6 rings (SSSR count). The van der Waals surface area contributed by atoms with Crippen LogP contribution in [0.25, 0.3) is 11.1 Å². The quantitative estimate of drug-likeness (QED) is 0.245. The number of benzene rings is 3. The van der Waals surface area contributed by atoms with Gasteiger partial charge in [0.25, 0.3) is 5.56 Å². The molecule has 2 N–H and O–H groups in total. The number of rotatable bonds is 7. The van der Waals surface area contributed by atoms with E-state index in [-0.39, 0.29) is 22.4 Å². The summed E-state index contributed by atoms with van der Waals surface area (Å²) in [5.74, 6) is -3.14. The van der Waals surface area contributed by atoms with Crippen molar-refractivity contribution < 1.29 is 32.6 Å². The van der Waals surface area contributed by atoms with Gasteiger partial charge in [-0.15, -0.1) is 0 Å². The maximum absolute atomic E-state index is 15.9. The highest BCUT2D eigenvalue weighted by Crippen LogP contribution is 2.40. The summed E-state index contributed by atoms with van der Waals surface area (Å²) in [5, 5.41) is 12.5. The fourth-order valence-electron chi connectivity index (χ4n) is 6.58. The Morgan fingerprint density at radius 3 is 2.50 bits per heavy atom. The summed E-state index contributed by atoms with van der Waals surface area (Å²) < 4.78 is 52.7. The lowest BCUT2D eigenvalue weighted by Gasteiger charge is -2.34. The van der Waals surface area contributed by atoms with Crippen molar-refractivity contribution in [3.63, 3.8) is 0 Å². The zero-order valence-corrected chi connectivity index (χ0v) is 26.9. The van der Waals surface area contributed by atoms with E-state index < -0.39 is 53.7 Å². The molecule has 11 heteroatoms. The van der Waals surface area contributed by atoms with Crippen LogP contribution in [0.5, 0.6) is 11.5 Å². The molecule has 1 saturated heterocycles. The van der Waals surface area contributed by atoms with Crippen LogP contribution in [0.3, 0.4) is 0 Å². The molecule has 3 heterocycles. The van der Waals surface area contributed by atoms with Crippen molar-refractivity contribution in [2.75, 3.05) is 19.6 Å². The minimum atomic E-state index is -1.62. The third-order valence-electron chi connectivity index (χ3n) is 9.08. The predicted octanol–water partition coefficient (Wildman–Crippen LogP) is 6.20. The predicted molar refractivity (Wildman–Crippen MR) is 174 cm³/mol. The van der Waals surface area contributed by atoms with E-state index in [4.69, 9.17) is 4.74 Å². The second-order valence-corrected chi connectivity index (χ2v) is 12.5. The molecule has 250 valence electrons. The number of carbonyl (C=O) groups is 2. The maximum Gasteiger partial charge on any atom is 0.305 e. The molecule has 3 aromatic carbocycles. The smallest absolute Gasteiger partial charge is 0.305 e. The molecule has 2 aliphatic heterocycles. The van der Waals surface area contributed by atoms with Gasteiger partial charge in [-0.05, 0) is 91.4 Å². The fraction of sp³-hybridized carbons (Fsp3) is 0.324. The molecule has 0 aliphatic carbocycles. The Morgan fingerprint density at radius 1 is 1.02 bits per heavy atom. The molecule has 1 aromatic heterocycles. The summed E-state index contributed by atoms with van der Waals surface area (Å²) in [7, 11) is 0. The van der Waals surface area contributed by atoms with Gasteiger partial charge in [0.2, 0.25) is 5.91 Å². The molecule has 2 atom stereocenters. The van der Waals surface area contributed by atoms with Gasteiger partial charge in [0.1, 0.15) is 35.3 Å². The van der Waals surface area contributed by atoms with Crippen LogP contribution in [0.2, 0.25) is 0 Å². The Kier molecular flexibility index (Phi) is 9.15. The first kappa shape index (κ1) is 33.0. The molecule has 0 radical (unpaired) electrons. The van der Waals surface area contributed by atoms with Crippen molar-refractivity contribution in [3.8, 4) is 22.6 Å². The van der Waals surface area contributed by atoms with E-state index in [1.807, 2.05) is 17.9 Å².